The van der Waals surface area contributed by atoms with Crippen molar-refractivity contribution in [2.24, 2.45) is 11.7 Å². The van der Waals surface area contributed by atoms with Crippen molar-refractivity contribution in [3.63, 3.8) is 0 Å². The Kier molecular flexibility index (Phi) is 3.39. The van der Waals surface area contributed by atoms with Crippen LogP contribution in [-0.4, -0.2) is 22.6 Å². The molecule has 2 unspecified atom stereocenters. The second kappa shape index (κ2) is 4.78. The molecule has 16 heavy (non-hydrogen) atoms. The molecule has 1 aromatic rings. The predicted molar refractivity (Wildman–Crippen MR) is 65.1 cm³/mol. The van der Waals surface area contributed by atoms with Crippen LogP contribution in [-0.2, 0) is 6.54 Å². The van der Waals surface area contributed by atoms with Gasteiger partial charge in [-0.25, -0.2) is 9.97 Å². The minimum absolute atomic E-state index is 0.507. The van der Waals surface area contributed by atoms with Crippen LogP contribution in [0.25, 0.3) is 0 Å². The number of nitrogens with two attached hydrogens (primary N) is 1. The smallest absolute Gasteiger partial charge is 0.225 e. The molecule has 1 aliphatic rings. The number of hydrogen-bond acceptors (Lipinski definition) is 4. The van der Waals surface area contributed by atoms with E-state index in [1.54, 1.807) is 0 Å². The Bertz CT molecular complexity index is 335. The Hall–Kier alpha value is -1.16. The zero-order valence-corrected chi connectivity index (χ0v) is 10.1. The van der Waals surface area contributed by atoms with Crippen molar-refractivity contribution >= 4 is 5.95 Å². The molecule has 2 heterocycles. The normalized spacial score (nSPS) is 25.8. The molecule has 2 N–H and O–H groups in total. The van der Waals surface area contributed by atoms with Crippen molar-refractivity contribution in [1.82, 2.24) is 9.97 Å². The Labute approximate surface area is 96.9 Å². The molecule has 1 saturated heterocycles. The zero-order valence-electron chi connectivity index (χ0n) is 10.1. The van der Waals surface area contributed by atoms with Crippen LogP contribution in [0.15, 0.2) is 12.4 Å². The van der Waals surface area contributed by atoms with Gasteiger partial charge in [0.2, 0.25) is 5.95 Å². The molecule has 4 nitrogen and oxygen atoms in total. The van der Waals surface area contributed by atoms with Gasteiger partial charge in [-0.3, -0.25) is 0 Å². The van der Waals surface area contributed by atoms with Crippen LogP contribution in [0.5, 0.6) is 0 Å². The SMILES string of the molecule is CC1CCN(c2ncc(CN)cn2)C(C)C1. The summed E-state index contributed by atoms with van der Waals surface area (Å²) < 4.78 is 0. The molecule has 1 aromatic heterocycles. The number of rotatable bonds is 2. The highest BCUT2D eigenvalue weighted by atomic mass is 15.3. The van der Waals surface area contributed by atoms with Gasteiger partial charge in [0.25, 0.3) is 0 Å². The molecule has 0 bridgehead atoms. The first-order valence-electron chi connectivity index (χ1n) is 5.98. The number of piperidine rings is 1. The Morgan fingerprint density at radius 1 is 1.38 bits per heavy atom. The number of nitrogens with zero attached hydrogens (tertiary/aromatic N) is 3. The predicted octanol–water partition coefficient (Wildman–Crippen LogP) is 1.56. The first kappa shape index (κ1) is 11.3. The van der Waals surface area contributed by atoms with Crippen molar-refractivity contribution in [3.05, 3.63) is 18.0 Å². The molecule has 1 fully saturated rings. The van der Waals surface area contributed by atoms with E-state index in [-0.39, 0.29) is 0 Å². The van der Waals surface area contributed by atoms with Crippen LogP contribution in [0.2, 0.25) is 0 Å². The van der Waals surface area contributed by atoms with Crippen molar-refractivity contribution in [2.75, 3.05) is 11.4 Å². The van der Waals surface area contributed by atoms with Crippen LogP contribution in [0, 0.1) is 5.92 Å². The Morgan fingerprint density at radius 2 is 2.06 bits per heavy atom. The van der Waals surface area contributed by atoms with Gasteiger partial charge in [-0.2, -0.15) is 0 Å². The number of aromatic nitrogens is 2. The first-order valence-corrected chi connectivity index (χ1v) is 5.98. The lowest BCUT2D eigenvalue weighted by Gasteiger charge is -2.36. The van der Waals surface area contributed by atoms with E-state index >= 15 is 0 Å². The van der Waals surface area contributed by atoms with Crippen LogP contribution < -0.4 is 10.6 Å². The second-order valence-corrected chi connectivity index (χ2v) is 4.77. The van der Waals surface area contributed by atoms with Crippen molar-refractivity contribution in [2.45, 2.75) is 39.3 Å². The van der Waals surface area contributed by atoms with E-state index in [0.29, 0.717) is 12.6 Å². The van der Waals surface area contributed by atoms with Crippen LogP contribution in [0.4, 0.5) is 5.95 Å². The average Bonchev–Trinajstić information content (AvgIpc) is 2.29. The van der Waals surface area contributed by atoms with Gasteiger partial charge in [0.15, 0.2) is 0 Å². The fourth-order valence-corrected chi connectivity index (χ4v) is 2.31. The van der Waals surface area contributed by atoms with E-state index in [1.807, 2.05) is 12.4 Å². The maximum absolute atomic E-state index is 5.53. The summed E-state index contributed by atoms with van der Waals surface area (Å²) in [5.74, 6) is 1.66. The van der Waals surface area contributed by atoms with Gasteiger partial charge in [0, 0.05) is 37.1 Å². The third-order valence-electron chi connectivity index (χ3n) is 3.32. The lowest BCUT2D eigenvalue weighted by atomic mass is 9.94. The molecule has 0 aliphatic carbocycles. The lowest BCUT2D eigenvalue weighted by Crippen LogP contribution is -2.41. The van der Waals surface area contributed by atoms with Gasteiger partial charge in [0.1, 0.15) is 0 Å². The lowest BCUT2D eigenvalue weighted by molar-refractivity contribution is 0.374. The molecule has 0 spiro atoms. The van der Waals surface area contributed by atoms with Gasteiger partial charge < -0.3 is 10.6 Å². The molecule has 2 rings (SSSR count). The minimum atomic E-state index is 0.507. The fourth-order valence-electron chi connectivity index (χ4n) is 2.31. The van der Waals surface area contributed by atoms with E-state index in [0.717, 1.165) is 24.0 Å². The maximum Gasteiger partial charge on any atom is 0.225 e. The summed E-state index contributed by atoms with van der Waals surface area (Å²) in [5.41, 5.74) is 6.52. The Morgan fingerprint density at radius 3 is 2.62 bits per heavy atom. The third-order valence-corrected chi connectivity index (χ3v) is 3.32. The van der Waals surface area contributed by atoms with E-state index in [1.165, 1.54) is 12.8 Å². The highest BCUT2D eigenvalue weighted by Crippen LogP contribution is 2.24. The molecular formula is C12H20N4. The molecular weight excluding hydrogens is 200 g/mol. The highest BCUT2D eigenvalue weighted by molar-refractivity contribution is 5.32. The van der Waals surface area contributed by atoms with E-state index in [9.17, 15) is 0 Å². The van der Waals surface area contributed by atoms with Crippen molar-refractivity contribution < 1.29 is 0 Å². The fraction of sp³-hybridized carbons (Fsp3) is 0.667. The standard InChI is InChI=1S/C12H20N4/c1-9-3-4-16(10(2)5-9)12-14-7-11(6-13)8-15-12/h7-10H,3-6,13H2,1-2H3. The van der Waals surface area contributed by atoms with Gasteiger partial charge in [-0.05, 0) is 25.7 Å². The average molecular weight is 220 g/mol. The van der Waals surface area contributed by atoms with Gasteiger partial charge in [-0.15, -0.1) is 0 Å². The number of anilines is 1. The monoisotopic (exact) mass is 220 g/mol. The first-order chi connectivity index (χ1) is 7.70. The van der Waals surface area contributed by atoms with Crippen LogP contribution >= 0.6 is 0 Å². The van der Waals surface area contributed by atoms with E-state index in [2.05, 4.69) is 28.7 Å². The summed E-state index contributed by atoms with van der Waals surface area (Å²) >= 11 is 0. The van der Waals surface area contributed by atoms with Gasteiger partial charge in [0.05, 0.1) is 0 Å². The molecule has 0 saturated carbocycles. The zero-order chi connectivity index (χ0) is 11.5. The van der Waals surface area contributed by atoms with E-state index < -0.39 is 0 Å². The van der Waals surface area contributed by atoms with Gasteiger partial charge >= 0.3 is 0 Å². The third kappa shape index (κ3) is 2.32. The molecule has 88 valence electrons. The van der Waals surface area contributed by atoms with Crippen molar-refractivity contribution in [3.8, 4) is 0 Å². The quantitative estimate of drug-likeness (QED) is 0.821. The molecule has 0 radical (unpaired) electrons. The topological polar surface area (TPSA) is 55.0 Å². The number of hydrogen-bond donors (Lipinski definition) is 1. The summed E-state index contributed by atoms with van der Waals surface area (Å²) in [4.78, 5) is 11.1. The molecule has 1 aliphatic heterocycles. The summed E-state index contributed by atoms with van der Waals surface area (Å²) in [6.45, 7) is 6.12. The van der Waals surface area contributed by atoms with Gasteiger partial charge in [-0.1, -0.05) is 6.92 Å². The maximum atomic E-state index is 5.53. The largest absolute Gasteiger partial charge is 0.338 e. The molecule has 2 atom stereocenters. The van der Waals surface area contributed by atoms with E-state index in [4.69, 9.17) is 5.73 Å². The minimum Gasteiger partial charge on any atom is -0.338 e. The summed E-state index contributed by atoms with van der Waals surface area (Å²) in [6.07, 6.45) is 6.11. The van der Waals surface area contributed by atoms with Crippen LogP contribution in [0.1, 0.15) is 32.3 Å². The van der Waals surface area contributed by atoms with Crippen LogP contribution in [0.3, 0.4) is 0 Å². The Balaban J connectivity index is 2.11. The molecule has 0 aromatic carbocycles. The summed E-state index contributed by atoms with van der Waals surface area (Å²) in [6, 6.07) is 0.535. The molecule has 0 amide bonds. The highest BCUT2D eigenvalue weighted by Gasteiger charge is 2.24. The second-order valence-electron chi connectivity index (χ2n) is 4.77. The van der Waals surface area contributed by atoms with Crippen molar-refractivity contribution in [1.29, 1.82) is 0 Å². The summed E-state index contributed by atoms with van der Waals surface area (Å²) in [5, 5.41) is 0. The summed E-state index contributed by atoms with van der Waals surface area (Å²) in [7, 11) is 0. The molecule has 4 heteroatoms.